The summed E-state index contributed by atoms with van der Waals surface area (Å²) in [5.74, 6) is -0.175. The van der Waals surface area contributed by atoms with Crippen molar-refractivity contribution >= 4 is 16.7 Å². The molecule has 2 heterocycles. The first-order chi connectivity index (χ1) is 16.7. The van der Waals surface area contributed by atoms with Crippen molar-refractivity contribution in [1.82, 2.24) is 9.97 Å². The van der Waals surface area contributed by atoms with Crippen LogP contribution in [0.5, 0.6) is 11.5 Å². The highest BCUT2D eigenvalue weighted by molar-refractivity contribution is 6.01. The average Bonchev–Trinajstić information content (AvgIpc) is 2.82. The summed E-state index contributed by atoms with van der Waals surface area (Å²) in [6.45, 7) is 0. The molecule has 4 aromatic rings. The van der Waals surface area contributed by atoms with Crippen LogP contribution in [-0.2, 0) is 6.42 Å². The molecule has 0 bridgehead atoms. The number of nitrogens with zero attached hydrogens (tertiary/aromatic N) is 1. The minimum atomic E-state index is -4.78. The molecule has 1 aliphatic rings. The van der Waals surface area contributed by atoms with Gasteiger partial charge in [-0.25, -0.2) is 0 Å². The minimum Gasteiger partial charge on any atom is -0.497 e. The van der Waals surface area contributed by atoms with Gasteiger partial charge in [-0.3, -0.25) is 14.6 Å². The van der Waals surface area contributed by atoms with Crippen molar-refractivity contribution < 1.29 is 27.4 Å². The van der Waals surface area contributed by atoms with Crippen LogP contribution in [-0.4, -0.2) is 29.2 Å². The van der Waals surface area contributed by atoms with Crippen LogP contribution in [0.1, 0.15) is 34.0 Å². The molecule has 6 nitrogen and oxygen atoms in total. The third-order valence-corrected chi connectivity index (χ3v) is 6.07. The van der Waals surface area contributed by atoms with Gasteiger partial charge in [0, 0.05) is 35.3 Å². The fourth-order valence-electron chi connectivity index (χ4n) is 4.45. The second-order valence-corrected chi connectivity index (χ2v) is 8.30. The van der Waals surface area contributed by atoms with E-state index in [2.05, 4.69) is 14.7 Å². The van der Waals surface area contributed by atoms with Crippen molar-refractivity contribution in [2.75, 3.05) is 7.11 Å². The molecule has 2 aromatic carbocycles. The number of hydrogen-bond donors (Lipinski definition) is 1. The number of ketones is 1. The summed E-state index contributed by atoms with van der Waals surface area (Å²) in [4.78, 5) is 33.5. The van der Waals surface area contributed by atoms with E-state index in [1.54, 1.807) is 42.6 Å². The molecule has 0 fully saturated rings. The summed E-state index contributed by atoms with van der Waals surface area (Å²) < 4.78 is 46.8. The number of Topliss-reactive ketones (excluding diaryl/α,β-unsaturated/α-hetero) is 1. The number of carbonyl (C=O) groups is 1. The largest absolute Gasteiger partial charge is 0.573 e. The molecule has 1 N–H and O–H groups in total. The smallest absolute Gasteiger partial charge is 0.497 e. The Bertz CT molecular complexity index is 1490. The highest BCUT2D eigenvalue weighted by atomic mass is 19.4. The van der Waals surface area contributed by atoms with Crippen LogP contribution in [0.4, 0.5) is 13.2 Å². The van der Waals surface area contributed by atoms with Crippen LogP contribution in [0.25, 0.3) is 22.2 Å². The number of halogens is 3. The van der Waals surface area contributed by atoms with E-state index in [9.17, 15) is 22.8 Å². The Hall–Kier alpha value is -4.14. The number of carbonyl (C=O) groups excluding carboxylic acids is 1. The molecule has 2 aromatic heterocycles. The Labute approximate surface area is 197 Å². The quantitative estimate of drug-likeness (QED) is 0.423. The van der Waals surface area contributed by atoms with Crippen LogP contribution < -0.4 is 14.9 Å². The SMILES string of the molecule is COc1ccc2c(=O)c3c([nH]c2c1)CC(c1ccc(-c2cccc(OC(F)(F)F)c2)nc1)CC3=O. The molecule has 0 radical (unpaired) electrons. The van der Waals surface area contributed by atoms with E-state index < -0.39 is 6.36 Å². The highest BCUT2D eigenvalue weighted by Gasteiger charge is 2.32. The lowest BCUT2D eigenvalue weighted by Gasteiger charge is -2.24. The van der Waals surface area contributed by atoms with Crippen LogP contribution in [0.3, 0.4) is 0 Å². The molecule has 1 atom stereocenters. The van der Waals surface area contributed by atoms with Crippen molar-refractivity contribution in [3.63, 3.8) is 0 Å². The number of H-pyrrole nitrogens is 1. The molecule has 0 aliphatic heterocycles. The average molecular weight is 480 g/mol. The number of rotatable bonds is 4. The zero-order valence-electron chi connectivity index (χ0n) is 18.5. The molecule has 1 aliphatic carbocycles. The standard InChI is InChI=1S/C26H19F3N2O4/c1-34-17-6-7-19-21(12-17)31-22-10-16(11-23(32)24(22)25(19)33)15-5-8-20(30-13-15)14-3-2-4-18(9-14)35-26(27,28)29/h2-9,12-13,16H,10-11H2,1H3,(H,31,33). The van der Waals surface area contributed by atoms with Crippen molar-refractivity contribution in [3.05, 3.63) is 87.8 Å². The zero-order chi connectivity index (χ0) is 24.7. The molecule has 0 amide bonds. The lowest BCUT2D eigenvalue weighted by molar-refractivity contribution is -0.274. The summed E-state index contributed by atoms with van der Waals surface area (Å²) in [6.07, 6.45) is -2.57. The van der Waals surface area contributed by atoms with Gasteiger partial charge in [0.15, 0.2) is 11.2 Å². The number of methoxy groups -OCH3 is 1. The van der Waals surface area contributed by atoms with Gasteiger partial charge in [-0.15, -0.1) is 13.2 Å². The van der Waals surface area contributed by atoms with Gasteiger partial charge in [0.05, 0.1) is 23.9 Å². The van der Waals surface area contributed by atoms with Crippen LogP contribution in [0.2, 0.25) is 0 Å². The van der Waals surface area contributed by atoms with E-state index in [4.69, 9.17) is 4.74 Å². The van der Waals surface area contributed by atoms with E-state index in [-0.39, 0.29) is 34.9 Å². The van der Waals surface area contributed by atoms with Gasteiger partial charge < -0.3 is 14.5 Å². The summed E-state index contributed by atoms with van der Waals surface area (Å²) in [5, 5.41) is 0.430. The van der Waals surface area contributed by atoms with Crippen molar-refractivity contribution in [2.24, 2.45) is 0 Å². The zero-order valence-corrected chi connectivity index (χ0v) is 18.5. The first-order valence-corrected chi connectivity index (χ1v) is 10.8. The number of ether oxygens (including phenoxy) is 2. The third kappa shape index (κ3) is 4.49. The number of benzene rings is 2. The molecular weight excluding hydrogens is 461 g/mol. The molecule has 178 valence electrons. The monoisotopic (exact) mass is 480 g/mol. The fraction of sp³-hybridized carbons (Fsp3) is 0.192. The molecule has 35 heavy (non-hydrogen) atoms. The Balaban J connectivity index is 1.43. The van der Waals surface area contributed by atoms with E-state index in [1.807, 2.05) is 0 Å². The van der Waals surface area contributed by atoms with Crippen LogP contribution in [0, 0.1) is 0 Å². The Morgan fingerprint density at radius 2 is 1.83 bits per heavy atom. The van der Waals surface area contributed by atoms with Gasteiger partial charge in [0.1, 0.15) is 11.5 Å². The Morgan fingerprint density at radius 3 is 2.54 bits per heavy atom. The first kappa shape index (κ1) is 22.6. The van der Waals surface area contributed by atoms with Crippen molar-refractivity contribution in [2.45, 2.75) is 25.1 Å². The summed E-state index contributed by atoms with van der Waals surface area (Å²) in [5.41, 5.74) is 2.78. The van der Waals surface area contributed by atoms with E-state index in [1.165, 1.54) is 25.3 Å². The maximum atomic E-state index is 13.0. The van der Waals surface area contributed by atoms with E-state index in [0.717, 1.165) is 5.56 Å². The van der Waals surface area contributed by atoms with Crippen molar-refractivity contribution in [3.8, 4) is 22.8 Å². The van der Waals surface area contributed by atoms with Gasteiger partial charge in [0.2, 0.25) is 0 Å². The number of alkyl halides is 3. The third-order valence-electron chi connectivity index (χ3n) is 6.07. The Kier molecular flexibility index (Phi) is 5.55. The van der Waals surface area contributed by atoms with Crippen LogP contribution >= 0.6 is 0 Å². The second-order valence-electron chi connectivity index (χ2n) is 8.30. The van der Waals surface area contributed by atoms with E-state index in [0.29, 0.717) is 40.0 Å². The number of pyridine rings is 2. The summed E-state index contributed by atoms with van der Waals surface area (Å²) in [6, 6.07) is 14.1. The Morgan fingerprint density at radius 1 is 1.00 bits per heavy atom. The molecular formula is C26H19F3N2O4. The first-order valence-electron chi connectivity index (χ1n) is 10.8. The van der Waals surface area contributed by atoms with Gasteiger partial charge >= 0.3 is 6.36 Å². The predicted octanol–water partition coefficient (Wildman–Crippen LogP) is 5.41. The molecule has 1 unspecified atom stereocenters. The van der Waals surface area contributed by atoms with Gasteiger partial charge in [-0.1, -0.05) is 18.2 Å². The minimum absolute atomic E-state index is 0.160. The number of aromatic nitrogens is 2. The maximum absolute atomic E-state index is 13.0. The molecule has 0 saturated heterocycles. The molecule has 0 saturated carbocycles. The second kappa shape index (κ2) is 8.57. The normalized spacial score (nSPS) is 15.7. The number of fused-ring (bicyclic) bond motifs is 2. The lowest BCUT2D eigenvalue weighted by atomic mass is 9.81. The molecule has 0 spiro atoms. The maximum Gasteiger partial charge on any atom is 0.573 e. The summed E-state index contributed by atoms with van der Waals surface area (Å²) >= 11 is 0. The predicted molar refractivity (Wildman–Crippen MR) is 123 cm³/mol. The number of hydrogen-bond acceptors (Lipinski definition) is 5. The highest BCUT2D eigenvalue weighted by Crippen LogP contribution is 2.33. The van der Waals surface area contributed by atoms with Gasteiger partial charge in [-0.05, 0) is 48.2 Å². The van der Waals surface area contributed by atoms with Crippen LogP contribution in [0.15, 0.2) is 65.6 Å². The lowest BCUT2D eigenvalue weighted by Crippen LogP contribution is -2.27. The fourth-order valence-corrected chi connectivity index (χ4v) is 4.45. The van der Waals surface area contributed by atoms with Crippen molar-refractivity contribution in [1.29, 1.82) is 0 Å². The summed E-state index contributed by atoms with van der Waals surface area (Å²) in [7, 11) is 1.54. The van der Waals surface area contributed by atoms with Gasteiger partial charge in [0.25, 0.3) is 0 Å². The van der Waals surface area contributed by atoms with Gasteiger partial charge in [-0.2, -0.15) is 0 Å². The number of aromatic amines is 1. The topological polar surface area (TPSA) is 81.3 Å². The molecule has 5 rings (SSSR count). The molecule has 9 heteroatoms. The number of nitrogens with one attached hydrogen (secondary N) is 1. The van der Waals surface area contributed by atoms with E-state index >= 15 is 0 Å².